The smallest absolute Gasteiger partial charge is 0.119 e. The normalized spacial score (nSPS) is 18.9. The van der Waals surface area contributed by atoms with E-state index in [1.807, 2.05) is 6.07 Å². The maximum atomic E-state index is 10.3. The van der Waals surface area contributed by atoms with Crippen molar-refractivity contribution in [2.24, 2.45) is 0 Å². The highest BCUT2D eigenvalue weighted by Crippen LogP contribution is 2.36. The predicted octanol–water partition coefficient (Wildman–Crippen LogP) is 5.71. The van der Waals surface area contributed by atoms with Crippen LogP contribution in [0.15, 0.2) is 29.8 Å². The van der Waals surface area contributed by atoms with Crippen molar-refractivity contribution in [1.29, 1.82) is 0 Å². The summed E-state index contributed by atoms with van der Waals surface area (Å²) >= 11 is 3.46. The van der Waals surface area contributed by atoms with Crippen molar-refractivity contribution in [3.63, 3.8) is 0 Å². The van der Waals surface area contributed by atoms with Gasteiger partial charge in [-0.25, -0.2) is 0 Å². The van der Waals surface area contributed by atoms with Crippen molar-refractivity contribution >= 4 is 15.9 Å². The van der Waals surface area contributed by atoms with Crippen LogP contribution < -0.4 is 0 Å². The second kappa shape index (κ2) is 7.87. The van der Waals surface area contributed by atoms with Crippen LogP contribution in [-0.4, -0.2) is 10.4 Å². The van der Waals surface area contributed by atoms with Crippen molar-refractivity contribution in [1.82, 2.24) is 0 Å². The number of rotatable bonds is 6. The van der Waals surface area contributed by atoms with Crippen molar-refractivity contribution in [3.8, 4) is 5.75 Å². The highest BCUT2D eigenvalue weighted by molar-refractivity contribution is 9.09. The summed E-state index contributed by atoms with van der Waals surface area (Å²) in [6.07, 6.45) is 10.7. The molecule has 0 heterocycles. The molecule has 2 heteroatoms. The van der Waals surface area contributed by atoms with Gasteiger partial charge in [-0.05, 0) is 57.1 Å². The van der Waals surface area contributed by atoms with E-state index < -0.39 is 0 Å². The molecule has 1 atom stereocenters. The number of phenols is 1. The Labute approximate surface area is 131 Å². The minimum atomic E-state index is 0.409. The molecule has 0 bridgehead atoms. The number of hydrogen-bond donors (Lipinski definition) is 1. The van der Waals surface area contributed by atoms with E-state index in [9.17, 15) is 5.11 Å². The van der Waals surface area contributed by atoms with Crippen LogP contribution in [-0.2, 0) is 6.42 Å². The fraction of sp³-hybridized carbons (Fsp3) is 0.556. The summed E-state index contributed by atoms with van der Waals surface area (Å²) in [5.41, 5.74) is 3.82. The molecule has 0 aliphatic heterocycles. The van der Waals surface area contributed by atoms with Crippen LogP contribution in [0.5, 0.6) is 5.75 Å². The molecule has 1 aromatic carbocycles. The van der Waals surface area contributed by atoms with Gasteiger partial charge in [0.1, 0.15) is 5.75 Å². The first kappa shape index (κ1) is 15.6. The second-order valence-electron chi connectivity index (χ2n) is 5.90. The number of phenolic OH excluding ortho intramolecular Hbond substituents is 1. The molecule has 2 rings (SSSR count). The number of aryl methyl sites for hydroxylation is 1. The van der Waals surface area contributed by atoms with Crippen LogP contribution in [0.3, 0.4) is 0 Å². The van der Waals surface area contributed by atoms with E-state index in [4.69, 9.17) is 0 Å². The number of allylic oxidation sites excluding steroid dienone is 2. The monoisotopic (exact) mass is 336 g/mol. The van der Waals surface area contributed by atoms with Crippen molar-refractivity contribution in [2.45, 2.75) is 57.8 Å². The molecule has 1 aromatic rings. The molecule has 1 N–H and O–H groups in total. The summed E-state index contributed by atoms with van der Waals surface area (Å²) in [5.74, 6) is 0.894. The van der Waals surface area contributed by atoms with Crippen LogP contribution in [0.1, 0.15) is 62.5 Å². The summed E-state index contributed by atoms with van der Waals surface area (Å²) in [7, 11) is 0. The zero-order chi connectivity index (χ0) is 14.4. The average Bonchev–Trinajstić information content (AvgIpc) is 2.44. The van der Waals surface area contributed by atoms with Gasteiger partial charge in [-0.3, -0.25) is 0 Å². The van der Waals surface area contributed by atoms with Crippen LogP contribution >= 0.6 is 15.9 Å². The van der Waals surface area contributed by atoms with E-state index in [0.717, 1.165) is 23.7 Å². The lowest BCUT2D eigenvalue weighted by molar-refractivity contribution is 0.460. The van der Waals surface area contributed by atoms with Gasteiger partial charge in [0.25, 0.3) is 0 Å². The van der Waals surface area contributed by atoms with Gasteiger partial charge in [-0.15, -0.1) is 0 Å². The molecule has 0 amide bonds. The van der Waals surface area contributed by atoms with Gasteiger partial charge in [0.2, 0.25) is 0 Å². The SMILES string of the molecule is CC1=CC(c2ccc(CCCCCBr)cc2O)CCC1. The zero-order valence-corrected chi connectivity index (χ0v) is 14.0. The molecule has 1 aliphatic carbocycles. The number of benzene rings is 1. The average molecular weight is 337 g/mol. The summed E-state index contributed by atoms with van der Waals surface area (Å²) in [4.78, 5) is 0. The maximum Gasteiger partial charge on any atom is 0.119 e. The lowest BCUT2D eigenvalue weighted by Crippen LogP contribution is -2.02. The van der Waals surface area contributed by atoms with E-state index in [1.165, 1.54) is 43.2 Å². The Kier molecular flexibility index (Phi) is 6.15. The molecule has 0 saturated heterocycles. The molecular weight excluding hydrogens is 312 g/mol. The number of aromatic hydroxyl groups is 1. The lowest BCUT2D eigenvalue weighted by Gasteiger charge is -2.21. The van der Waals surface area contributed by atoms with Gasteiger partial charge in [0.15, 0.2) is 0 Å². The summed E-state index contributed by atoms with van der Waals surface area (Å²) in [5, 5.41) is 11.4. The van der Waals surface area contributed by atoms with Crippen molar-refractivity contribution in [2.75, 3.05) is 5.33 Å². The van der Waals surface area contributed by atoms with E-state index in [0.29, 0.717) is 11.7 Å². The first-order valence-electron chi connectivity index (χ1n) is 7.75. The molecule has 20 heavy (non-hydrogen) atoms. The van der Waals surface area contributed by atoms with Gasteiger partial charge in [-0.2, -0.15) is 0 Å². The largest absolute Gasteiger partial charge is 0.508 e. The van der Waals surface area contributed by atoms with Crippen molar-refractivity contribution < 1.29 is 5.11 Å². The van der Waals surface area contributed by atoms with E-state index >= 15 is 0 Å². The van der Waals surface area contributed by atoms with E-state index in [2.05, 4.69) is 41.1 Å². The Balaban J connectivity index is 2.00. The van der Waals surface area contributed by atoms with E-state index in [1.54, 1.807) is 0 Å². The molecule has 110 valence electrons. The Morgan fingerprint density at radius 3 is 2.80 bits per heavy atom. The van der Waals surface area contributed by atoms with Gasteiger partial charge in [-0.1, -0.05) is 46.1 Å². The maximum absolute atomic E-state index is 10.3. The zero-order valence-electron chi connectivity index (χ0n) is 12.4. The van der Waals surface area contributed by atoms with Crippen LogP contribution in [0, 0.1) is 0 Å². The number of hydrogen-bond acceptors (Lipinski definition) is 1. The lowest BCUT2D eigenvalue weighted by atomic mass is 9.85. The Bertz CT molecular complexity index is 464. The molecular formula is C18H25BrO. The van der Waals surface area contributed by atoms with Crippen LogP contribution in [0.4, 0.5) is 0 Å². The third-order valence-corrected chi connectivity index (χ3v) is 4.73. The molecule has 0 radical (unpaired) electrons. The van der Waals surface area contributed by atoms with Crippen LogP contribution in [0.2, 0.25) is 0 Å². The molecule has 0 aromatic heterocycles. The van der Waals surface area contributed by atoms with Gasteiger partial charge in [0.05, 0.1) is 0 Å². The molecule has 0 spiro atoms. The Morgan fingerprint density at radius 2 is 2.10 bits per heavy atom. The summed E-state index contributed by atoms with van der Waals surface area (Å²) < 4.78 is 0. The molecule has 1 nitrogen and oxygen atoms in total. The summed E-state index contributed by atoms with van der Waals surface area (Å²) in [6, 6.07) is 6.30. The minimum Gasteiger partial charge on any atom is -0.508 e. The molecule has 1 aliphatic rings. The second-order valence-corrected chi connectivity index (χ2v) is 6.70. The Morgan fingerprint density at radius 1 is 1.25 bits per heavy atom. The standard InChI is InChI=1S/C18H25BrO/c1-14-6-5-8-16(12-14)17-10-9-15(13-18(17)20)7-3-2-4-11-19/h9-10,12-13,16,20H,2-8,11H2,1H3. The Hall–Kier alpha value is -0.760. The molecule has 0 fully saturated rings. The highest BCUT2D eigenvalue weighted by atomic mass is 79.9. The third-order valence-electron chi connectivity index (χ3n) is 4.17. The van der Waals surface area contributed by atoms with Crippen molar-refractivity contribution in [3.05, 3.63) is 41.0 Å². The third kappa shape index (κ3) is 4.37. The minimum absolute atomic E-state index is 0.409. The molecule has 0 saturated carbocycles. The van der Waals surface area contributed by atoms with Gasteiger partial charge >= 0.3 is 0 Å². The number of alkyl halides is 1. The van der Waals surface area contributed by atoms with E-state index in [-0.39, 0.29) is 0 Å². The van der Waals surface area contributed by atoms with Gasteiger partial charge < -0.3 is 5.11 Å². The predicted molar refractivity (Wildman–Crippen MR) is 89.8 cm³/mol. The quantitative estimate of drug-likeness (QED) is 0.400. The molecule has 1 unspecified atom stereocenters. The first-order valence-corrected chi connectivity index (χ1v) is 8.88. The fourth-order valence-electron chi connectivity index (χ4n) is 3.01. The van der Waals surface area contributed by atoms with Crippen LogP contribution in [0.25, 0.3) is 0 Å². The van der Waals surface area contributed by atoms with Gasteiger partial charge in [0, 0.05) is 16.8 Å². The highest BCUT2D eigenvalue weighted by Gasteiger charge is 2.16. The number of unbranched alkanes of at least 4 members (excludes halogenated alkanes) is 2. The number of halogens is 1. The first-order chi connectivity index (χ1) is 9.70. The fourth-order valence-corrected chi connectivity index (χ4v) is 3.41. The summed E-state index contributed by atoms with van der Waals surface area (Å²) in [6.45, 7) is 2.20. The topological polar surface area (TPSA) is 20.2 Å².